The average molecular weight is 326 g/mol. The van der Waals surface area contributed by atoms with Crippen molar-refractivity contribution in [3.8, 4) is 0 Å². The second-order valence-corrected chi connectivity index (χ2v) is 9.64. The maximum absolute atomic E-state index is 4.88. The summed E-state index contributed by atoms with van der Waals surface area (Å²) in [5.41, 5.74) is 1.17. The third kappa shape index (κ3) is 4.28. The Bertz CT molecular complexity index is 485. The normalized spacial score (nSPS) is 26.7. The fourth-order valence-electron chi connectivity index (χ4n) is 2.18. The molecule has 3 nitrogen and oxygen atoms in total. The van der Waals surface area contributed by atoms with Crippen LogP contribution in [-0.4, -0.2) is 32.8 Å². The first-order valence-corrected chi connectivity index (χ1v) is 9.70. The highest BCUT2D eigenvalue weighted by atomic mass is 32.2. The molecule has 1 N–H and O–H groups in total. The van der Waals surface area contributed by atoms with Crippen LogP contribution >= 0.6 is 23.5 Å². The molecule has 2 rings (SSSR count). The number of nitrogens with zero attached hydrogens (tertiary/aromatic N) is 2. The maximum Gasteiger partial charge on any atom is 0.144 e. The zero-order chi connectivity index (χ0) is 15.6. The van der Waals surface area contributed by atoms with Gasteiger partial charge in [-0.25, -0.2) is 9.97 Å². The van der Waals surface area contributed by atoms with Gasteiger partial charge in [-0.2, -0.15) is 11.8 Å². The van der Waals surface area contributed by atoms with Gasteiger partial charge in [0.2, 0.25) is 0 Å². The number of hydrogen-bond donors (Lipinski definition) is 1. The Hall–Kier alpha value is -0.420. The van der Waals surface area contributed by atoms with Crippen molar-refractivity contribution in [2.75, 3.05) is 17.6 Å². The van der Waals surface area contributed by atoms with Crippen LogP contribution in [-0.2, 0) is 5.41 Å². The Morgan fingerprint density at radius 1 is 1.24 bits per heavy atom. The Balaban J connectivity index is 2.31. The van der Waals surface area contributed by atoms with Gasteiger partial charge in [-0.3, -0.25) is 0 Å². The predicted octanol–water partition coefficient (Wildman–Crippen LogP) is 4.50. The molecule has 1 saturated heterocycles. The standard InChI is InChI=1S/C16H27N3S2/c1-7-17-14-8-13(16(4,5)6)18-15(19-14)12-9-20-10(2)11(3)21-12/h8,10-12H,7,9H2,1-6H3,(H,17,18,19). The summed E-state index contributed by atoms with van der Waals surface area (Å²) in [7, 11) is 0. The van der Waals surface area contributed by atoms with Gasteiger partial charge in [-0.05, 0) is 6.92 Å². The Morgan fingerprint density at radius 2 is 1.95 bits per heavy atom. The number of aromatic nitrogens is 2. The number of rotatable bonds is 3. The third-order valence-electron chi connectivity index (χ3n) is 3.71. The molecular formula is C16H27N3S2. The SMILES string of the molecule is CCNc1cc(C(C)(C)C)nc(C2CSC(C)C(C)S2)n1. The Morgan fingerprint density at radius 3 is 2.52 bits per heavy atom. The molecule has 0 amide bonds. The number of nitrogens with one attached hydrogen (secondary N) is 1. The van der Waals surface area contributed by atoms with Gasteiger partial charge in [0, 0.05) is 34.3 Å². The largest absolute Gasteiger partial charge is 0.370 e. The van der Waals surface area contributed by atoms with Gasteiger partial charge in [0.05, 0.1) is 10.9 Å². The summed E-state index contributed by atoms with van der Waals surface area (Å²) in [5.74, 6) is 3.06. The van der Waals surface area contributed by atoms with Crippen molar-refractivity contribution in [1.29, 1.82) is 0 Å². The van der Waals surface area contributed by atoms with Gasteiger partial charge in [0.25, 0.3) is 0 Å². The van der Waals surface area contributed by atoms with Crippen LogP contribution in [0.25, 0.3) is 0 Å². The fourth-order valence-corrected chi connectivity index (χ4v) is 5.03. The second kappa shape index (κ2) is 6.78. The minimum atomic E-state index is 0.0489. The second-order valence-electron chi connectivity index (χ2n) is 6.65. The zero-order valence-electron chi connectivity index (χ0n) is 13.9. The average Bonchev–Trinajstić information content (AvgIpc) is 2.41. The molecule has 1 aliphatic rings. The van der Waals surface area contributed by atoms with Gasteiger partial charge in [-0.15, -0.1) is 11.8 Å². The number of hydrogen-bond acceptors (Lipinski definition) is 5. The van der Waals surface area contributed by atoms with Crippen LogP contribution in [0, 0.1) is 0 Å². The third-order valence-corrected chi connectivity index (χ3v) is 7.09. The van der Waals surface area contributed by atoms with Gasteiger partial charge >= 0.3 is 0 Å². The molecule has 0 aromatic carbocycles. The van der Waals surface area contributed by atoms with Crippen molar-refractivity contribution in [1.82, 2.24) is 9.97 Å². The molecule has 0 bridgehead atoms. The number of anilines is 1. The van der Waals surface area contributed by atoms with Crippen LogP contribution in [0.3, 0.4) is 0 Å². The number of thioether (sulfide) groups is 2. The van der Waals surface area contributed by atoms with E-state index < -0.39 is 0 Å². The molecule has 3 atom stereocenters. The molecule has 2 heterocycles. The summed E-state index contributed by atoms with van der Waals surface area (Å²) in [6, 6.07) is 2.10. The summed E-state index contributed by atoms with van der Waals surface area (Å²) in [4.78, 5) is 9.65. The van der Waals surface area contributed by atoms with Crippen molar-refractivity contribution in [2.24, 2.45) is 0 Å². The van der Waals surface area contributed by atoms with E-state index in [-0.39, 0.29) is 5.41 Å². The van der Waals surface area contributed by atoms with Crippen molar-refractivity contribution in [3.63, 3.8) is 0 Å². The monoisotopic (exact) mass is 325 g/mol. The highest BCUT2D eigenvalue weighted by Crippen LogP contribution is 2.43. The predicted molar refractivity (Wildman–Crippen MR) is 96.6 cm³/mol. The van der Waals surface area contributed by atoms with Crippen molar-refractivity contribution < 1.29 is 0 Å². The van der Waals surface area contributed by atoms with E-state index in [2.05, 4.69) is 52.9 Å². The van der Waals surface area contributed by atoms with Crippen molar-refractivity contribution in [2.45, 2.75) is 62.7 Å². The lowest BCUT2D eigenvalue weighted by Crippen LogP contribution is -2.24. The molecule has 0 aliphatic carbocycles. The highest BCUT2D eigenvalue weighted by Gasteiger charge is 2.29. The lowest BCUT2D eigenvalue weighted by Gasteiger charge is -2.31. The lowest BCUT2D eigenvalue weighted by atomic mass is 9.92. The lowest BCUT2D eigenvalue weighted by molar-refractivity contribution is 0.562. The molecule has 0 spiro atoms. The molecule has 3 unspecified atom stereocenters. The Labute approximate surface area is 137 Å². The van der Waals surface area contributed by atoms with Gasteiger partial charge < -0.3 is 5.32 Å². The van der Waals surface area contributed by atoms with Crippen LogP contribution in [0.1, 0.15) is 58.3 Å². The van der Waals surface area contributed by atoms with Crippen LogP contribution in [0.2, 0.25) is 0 Å². The summed E-state index contributed by atoms with van der Waals surface area (Å²) < 4.78 is 0. The van der Waals surface area contributed by atoms with Crippen molar-refractivity contribution in [3.05, 3.63) is 17.6 Å². The topological polar surface area (TPSA) is 37.8 Å². The van der Waals surface area contributed by atoms with E-state index in [1.54, 1.807) is 0 Å². The van der Waals surface area contributed by atoms with E-state index in [4.69, 9.17) is 9.97 Å². The van der Waals surface area contributed by atoms with Gasteiger partial charge in [-0.1, -0.05) is 34.6 Å². The summed E-state index contributed by atoms with van der Waals surface area (Å²) in [6.45, 7) is 14.3. The summed E-state index contributed by atoms with van der Waals surface area (Å²) in [5, 5.41) is 5.12. The molecule has 0 saturated carbocycles. The first-order chi connectivity index (χ1) is 9.81. The highest BCUT2D eigenvalue weighted by molar-refractivity contribution is 8.07. The molecule has 1 aliphatic heterocycles. The zero-order valence-corrected chi connectivity index (χ0v) is 15.6. The van der Waals surface area contributed by atoms with E-state index in [0.717, 1.165) is 29.6 Å². The van der Waals surface area contributed by atoms with Crippen LogP contribution < -0.4 is 5.32 Å². The molecule has 21 heavy (non-hydrogen) atoms. The molecule has 1 aromatic heterocycles. The molecular weight excluding hydrogens is 298 g/mol. The molecule has 1 fully saturated rings. The minimum Gasteiger partial charge on any atom is -0.370 e. The first-order valence-electron chi connectivity index (χ1n) is 7.71. The molecule has 118 valence electrons. The van der Waals surface area contributed by atoms with Crippen molar-refractivity contribution >= 4 is 29.3 Å². The molecule has 0 radical (unpaired) electrons. The maximum atomic E-state index is 4.88. The van der Waals surface area contributed by atoms with Gasteiger partial charge in [0.15, 0.2) is 0 Å². The fraction of sp³-hybridized carbons (Fsp3) is 0.750. The molecule has 1 aromatic rings. The van der Waals surface area contributed by atoms with Crippen LogP contribution in [0.15, 0.2) is 6.07 Å². The quantitative estimate of drug-likeness (QED) is 0.885. The van der Waals surface area contributed by atoms with Crippen LogP contribution in [0.4, 0.5) is 5.82 Å². The van der Waals surface area contributed by atoms with E-state index in [0.29, 0.717) is 15.7 Å². The summed E-state index contributed by atoms with van der Waals surface area (Å²) >= 11 is 4.06. The van der Waals surface area contributed by atoms with E-state index in [9.17, 15) is 0 Å². The molecule has 5 heteroatoms. The van der Waals surface area contributed by atoms with Gasteiger partial charge in [0.1, 0.15) is 11.6 Å². The summed E-state index contributed by atoms with van der Waals surface area (Å²) in [6.07, 6.45) is 0. The van der Waals surface area contributed by atoms with E-state index in [1.165, 1.54) is 0 Å². The smallest absolute Gasteiger partial charge is 0.144 e. The Kier molecular flexibility index (Phi) is 5.47. The van der Waals surface area contributed by atoms with E-state index >= 15 is 0 Å². The van der Waals surface area contributed by atoms with E-state index in [1.807, 2.05) is 23.5 Å². The van der Waals surface area contributed by atoms with Crippen LogP contribution in [0.5, 0.6) is 0 Å². The first kappa shape index (κ1) is 16.9. The minimum absolute atomic E-state index is 0.0489.